The summed E-state index contributed by atoms with van der Waals surface area (Å²) in [4.78, 5) is 139. The van der Waals surface area contributed by atoms with Crippen LogP contribution in [-0.4, -0.2) is 174 Å². The normalized spacial score (nSPS) is 26.0. The number of likely N-dealkylation sites (N-methyl/N-ethyl adjacent to an activating group) is 3. The number of carbonyl (C=O) groups is 10. The van der Waals surface area contributed by atoms with Crippen molar-refractivity contribution in [2.24, 2.45) is 17.8 Å². The SMILES string of the molecule is C=C1C(=O)N[C@@H](C)C(=O)N(C)[C@@H](C)C(=O)N[C@@H]([C@H](OC(=O)[C@@H](NC(C)=O)[C@H](O)C(C)C)C(C)C)C(=O)N(C)[C@@H]([C@@H](C)OC)C(=O)O[C@H](C)[C@H](NC(C)=O)C(=O)O[C@H](CC(C)C)C(=O)N1C. The molecule has 0 aromatic rings. The first kappa shape index (κ1) is 57.4. The minimum Gasteiger partial charge on any atom is -0.458 e. The van der Waals surface area contributed by atoms with E-state index in [-0.39, 0.29) is 12.3 Å². The number of aliphatic hydroxyl groups is 1. The lowest BCUT2D eigenvalue weighted by Gasteiger charge is -2.38. The van der Waals surface area contributed by atoms with Gasteiger partial charge in [0, 0.05) is 42.1 Å². The summed E-state index contributed by atoms with van der Waals surface area (Å²) in [5.74, 6) is -11.3. The zero-order valence-electron chi connectivity index (χ0n) is 40.5. The number of amides is 7. The first-order chi connectivity index (χ1) is 29.9. The van der Waals surface area contributed by atoms with Gasteiger partial charge in [0.2, 0.25) is 29.5 Å². The van der Waals surface area contributed by atoms with Crippen LogP contribution in [0.3, 0.4) is 0 Å². The van der Waals surface area contributed by atoms with E-state index in [1.165, 1.54) is 55.9 Å². The van der Waals surface area contributed by atoms with Crippen molar-refractivity contribution in [1.82, 2.24) is 36.0 Å². The second kappa shape index (κ2) is 25.2. The maximum Gasteiger partial charge on any atom is 0.333 e. The predicted octanol–water partition coefficient (Wildman–Crippen LogP) is -0.846. The summed E-state index contributed by atoms with van der Waals surface area (Å²) in [6.45, 7) is 20.9. The third-order valence-electron chi connectivity index (χ3n) is 10.9. The zero-order chi connectivity index (χ0) is 50.5. The highest BCUT2D eigenvalue weighted by Crippen LogP contribution is 2.22. The number of aliphatic hydroxyl groups excluding tert-OH is 1. The fourth-order valence-electron chi connectivity index (χ4n) is 6.66. The molecule has 5 N–H and O–H groups in total. The lowest BCUT2D eigenvalue weighted by Crippen LogP contribution is -2.63. The number of hydrogen-bond acceptors (Lipinski definition) is 15. The van der Waals surface area contributed by atoms with Crippen LogP contribution in [0, 0.1) is 17.8 Å². The third-order valence-corrected chi connectivity index (χ3v) is 10.9. The van der Waals surface area contributed by atoms with Crippen molar-refractivity contribution in [2.75, 3.05) is 28.3 Å². The standard InChI is InChI=1S/C43H71N7O15/c1-19(2)18-29-39(57)49(15)23(8)36(54)44-22(7)38(56)48(14)24(9)37(55)47-32(35(21(5)6)65-42(60)31(46-28(13)52)34(53)20(3)4)40(58)50(16)33(26(11)62-17)43(61)63-25(10)30(41(59)64-29)45-27(12)51/h19-22,24-26,29-35,53H,8,18H2,1-7,9-17H3,(H,44,54)(H,45,51)(H,46,52)(H,47,55)/t22-,24-,25+,26+,29+,30-,31-,32-,33-,34+,35+/m0/s1. The van der Waals surface area contributed by atoms with Gasteiger partial charge in [0.05, 0.1) is 12.2 Å². The Hall–Kier alpha value is -5.64. The van der Waals surface area contributed by atoms with Crippen LogP contribution in [0.1, 0.15) is 89.5 Å². The largest absolute Gasteiger partial charge is 0.458 e. The van der Waals surface area contributed by atoms with E-state index in [9.17, 15) is 53.1 Å². The maximum absolute atomic E-state index is 14.9. The summed E-state index contributed by atoms with van der Waals surface area (Å²) in [5, 5.41) is 20.6. The number of rotatable bonds is 12. The zero-order valence-corrected chi connectivity index (χ0v) is 40.5. The molecule has 1 aliphatic heterocycles. The fourth-order valence-corrected chi connectivity index (χ4v) is 6.66. The lowest BCUT2D eigenvalue weighted by molar-refractivity contribution is -0.174. The second-order valence-electron chi connectivity index (χ2n) is 17.4. The van der Waals surface area contributed by atoms with Gasteiger partial charge in [0.15, 0.2) is 24.2 Å². The number of cyclic esters (lactones) is 2. The van der Waals surface area contributed by atoms with E-state index in [1.807, 2.05) is 0 Å². The third kappa shape index (κ3) is 15.8. The van der Waals surface area contributed by atoms with Crippen LogP contribution in [0.15, 0.2) is 12.3 Å². The van der Waals surface area contributed by atoms with Gasteiger partial charge >= 0.3 is 17.9 Å². The van der Waals surface area contributed by atoms with Gasteiger partial charge in [-0.1, -0.05) is 48.1 Å². The molecule has 1 fully saturated rings. The Morgan fingerprint density at radius 1 is 0.800 bits per heavy atom. The molecule has 1 aliphatic rings. The molecular formula is C43H71N7O15. The smallest absolute Gasteiger partial charge is 0.333 e. The minimum absolute atomic E-state index is 0.0647. The van der Waals surface area contributed by atoms with Gasteiger partial charge < -0.3 is 60.0 Å². The number of carbonyl (C=O) groups excluding carboxylic acids is 10. The Balaban J connectivity index is 4.16. The summed E-state index contributed by atoms with van der Waals surface area (Å²) < 4.78 is 22.7. The van der Waals surface area contributed by atoms with Crippen molar-refractivity contribution in [3.05, 3.63) is 12.3 Å². The lowest BCUT2D eigenvalue weighted by atomic mass is 9.95. The molecule has 0 radical (unpaired) electrons. The van der Waals surface area contributed by atoms with Gasteiger partial charge in [-0.3, -0.25) is 33.6 Å². The molecule has 0 unspecified atom stereocenters. The predicted molar refractivity (Wildman–Crippen MR) is 232 cm³/mol. The van der Waals surface area contributed by atoms with Crippen LogP contribution in [0.25, 0.3) is 0 Å². The Labute approximate surface area is 381 Å². The summed E-state index contributed by atoms with van der Waals surface area (Å²) in [6.07, 6.45) is -7.35. The summed E-state index contributed by atoms with van der Waals surface area (Å²) >= 11 is 0. The average Bonchev–Trinajstić information content (AvgIpc) is 3.21. The molecule has 0 aromatic heterocycles. The van der Waals surface area contributed by atoms with Crippen LogP contribution in [0.5, 0.6) is 0 Å². The molecule has 1 heterocycles. The van der Waals surface area contributed by atoms with E-state index < -0.39 is 144 Å². The van der Waals surface area contributed by atoms with E-state index >= 15 is 0 Å². The van der Waals surface area contributed by atoms with Crippen LogP contribution < -0.4 is 21.3 Å². The molecule has 1 rings (SSSR count). The number of nitrogens with zero attached hydrogens (tertiary/aromatic N) is 3. The van der Waals surface area contributed by atoms with Crippen molar-refractivity contribution < 1.29 is 72.0 Å². The molecule has 0 spiro atoms. The van der Waals surface area contributed by atoms with E-state index in [4.69, 9.17) is 18.9 Å². The Bertz CT molecular complexity index is 1790. The molecule has 0 aromatic carbocycles. The molecule has 0 bridgehead atoms. The number of hydrogen-bond donors (Lipinski definition) is 5. The van der Waals surface area contributed by atoms with Crippen LogP contribution >= 0.6 is 0 Å². The molecule has 65 heavy (non-hydrogen) atoms. The number of nitrogens with one attached hydrogen (secondary N) is 4. The van der Waals surface area contributed by atoms with Crippen molar-refractivity contribution in [3.63, 3.8) is 0 Å². The van der Waals surface area contributed by atoms with Crippen molar-refractivity contribution >= 4 is 59.3 Å². The van der Waals surface area contributed by atoms with Gasteiger partial charge in [-0.05, 0) is 51.9 Å². The van der Waals surface area contributed by atoms with Crippen molar-refractivity contribution in [1.29, 1.82) is 0 Å². The Morgan fingerprint density at radius 2 is 1.37 bits per heavy atom. The van der Waals surface area contributed by atoms with Crippen LogP contribution in [0.2, 0.25) is 0 Å². The van der Waals surface area contributed by atoms with Gasteiger partial charge in [-0.25, -0.2) is 14.4 Å². The molecule has 368 valence electrons. The molecular weight excluding hydrogens is 855 g/mol. The Kier molecular flexibility index (Phi) is 22.2. The number of methoxy groups -OCH3 is 1. The monoisotopic (exact) mass is 926 g/mol. The van der Waals surface area contributed by atoms with E-state index in [0.29, 0.717) is 0 Å². The molecule has 7 amide bonds. The maximum atomic E-state index is 14.9. The topological polar surface area (TPSA) is 286 Å². The van der Waals surface area contributed by atoms with E-state index in [2.05, 4.69) is 27.8 Å². The van der Waals surface area contributed by atoms with Crippen LogP contribution in [-0.2, 0) is 66.9 Å². The molecule has 0 saturated carbocycles. The Morgan fingerprint density at radius 3 is 1.85 bits per heavy atom. The van der Waals surface area contributed by atoms with Gasteiger partial charge in [0.1, 0.15) is 36.0 Å². The second-order valence-corrected chi connectivity index (χ2v) is 17.4. The molecule has 1 saturated heterocycles. The summed E-state index contributed by atoms with van der Waals surface area (Å²) in [7, 11) is 4.85. The molecule has 11 atom stereocenters. The quantitative estimate of drug-likeness (QED) is 0.0906. The van der Waals surface area contributed by atoms with E-state index in [1.54, 1.807) is 41.5 Å². The first-order valence-corrected chi connectivity index (χ1v) is 21.4. The minimum atomic E-state index is -1.85. The van der Waals surface area contributed by atoms with Gasteiger partial charge in [-0.2, -0.15) is 0 Å². The highest BCUT2D eigenvalue weighted by atomic mass is 16.6. The van der Waals surface area contributed by atoms with Crippen molar-refractivity contribution in [3.8, 4) is 0 Å². The van der Waals surface area contributed by atoms with Crippen molar-refractivity contribution in [2.45, 2.75) is 156 Å². The first-order valence-electron chi connectivity index (χ1n) is 21.4. The highest BCUT2D eigenvalue weighted by Gasteiger charge is 2.46. The van der Waals surface area contributed by atoms with Crippen LogP contribution in [0.4, 0.5) is 0 Å². The molecule has 22 nitrogen and oxygen atoms in total. The fraction of sp³-hybridized carbons (Fsp3) is 0.721. The van der Waals surface area contributed by atoms with E-state index in [0.717, 1.165) is 28.5 Å². The number of ether oxygens (including phenoxy) is 4. The van der Waals surface area contributed by atoms with Gasteiger partial charge in [-0.15, -0.1) is 0 Å². The molecule has 22 heteroatoms. The summed E-state index contributed by atoms with van der Waals surface area (Å²) in [6, 6.07) is -9.58. The average molecular weight is 926 g/mol. The van der Waals surface area contributed by atoms with Gasteiger partial charge in [0.25, 0.3) is 11.8 Å². The summed E-state index contributed by atoms with van der Waals surface area (Å²) in [5.41, 5.74) is -0.449. The molecule has 0 aliphatic carbocycles. The number of esters is 3. The highest BCUT2D eigenvalue weighted by molar-refractivity contribution is 6.01.